The molecule has 0 aliphatic carbocycles. The number of rotatable bonds is 4. The Morgan fingerprint density at radius 1 is 1.29 bits per heavy atom. The number of likely N-dealkylation sites (tertiary alicyclic amines) is 1. The average Bonchev–Trinajstić information content (AvgIpc) is 2.73. The van der Waals surface area contributed by atoms with Crippen LogP contribution >= 0.6 is 0 Å². The summed E-state index contributed by atoms with van der Waals surface area (Å²) in [6, 6.07) is 8.53. The molecule has 0 bridgehead atoms. The molecule has 0 saturated carbocycles. The highest BCUT2D eigenvalue weighted by Crippen LogP contribution is 2.31. The number of aromatic nitrogens is 2. The Hall–Kier alpha value is -2.47. The fraction of sp³-hybridized carbons (Fsp3) is 0.500. The third kappa shape index (κ3) is 4.02. The number of nitrogens with zero attached hydrogens (tertiary/aromatic N) is 4. The summed E-state index contributed by atoms with van der Waals surface area (Å²) in [7, 11) is 1.71. The van der Waals surface area contributed by atoms with Crippen LogP contribution < -0.4 is 4.74 Å². The van der Waals surface area contributed by atoms with Crippen molar-refractivity contribution in [3.05, 3.63) is 53.1 Å². The van der Waals surface area contributed by atoms with Crippen LogP contribution in [0.5, 0.6) is 5.75 Å². The molecule has 3 heterocycles. The van der Waals surface area contributed by atoms with Crippen LogP contribution in [0.15, 0.2) is 30.5 Å². The van der Waals surface area contributed by atoms with Gasteiger partial charge in [-0.05, 0) is 37.1 Å². The summed E-state index contributed by atoms with van der Waals surface area (Å²) in [6.45, 7) is 4.93. The predicted molar refractivity (Wildman–Crippen MR) is 107 cm³/mol. The van der Waals surface area contributed by atoms with E-state index in [2.05, 4.69) is 17.0 Å². The fourth-order valence-electron chi connectivity index (χ4n) is 4.24. The molecule has 6 heteroatoms. The first kappa shape index (κ1) is 18.9. The minimum atomic E-state index is 0.117. The molecule has 2 aromatic rings. The molecule has 0 radical (unpaired) electrons. The molecular weight excluding hydrogens is 352 g/mol. The van der Waals surface area contributed by atoms with E-state index in [4.69, 9.17) is 14.7 Å². The van der Waals surface area contributed by atoms with Crippen molar-refractivity contribution in [2.45, 2.75) is 51.7 Å². The second-order valence-electron chi connectivity index (χ2n) is 7.72. The van der Waals surface area contributed by atoms with Crippen LogP contribution in [-0.4, -0.2) is 45.9 Å². The minimum absolute atomic E-state index is 0.117. The van der Waals surface area contributed by atoms with Gasteiger partial charge in [-0.15, -0.1) is 0 Å². The number of hydrogen-bond acceptors (Lipinski definition) is 5. The van der Waals surface area contributed by atoms with E-state index in [0.29, 0.717) is 6.54 Å². The second kappa shape index (κ2) is 8.27. The standard InChI is InChI=1S/C22H28N4O2/c1-16(27)25-11-9-20-18(15-25)13-23-22(24-20)21-8-3-4-10-26(21)14-17-6-5-7-19(12-17)28-2/h5-7,12-13,21H,3-4,8-11,14-15H2,1-2H3/t21-/m1/s1. The number of benzene rings is 1. The van der Waals surface area contributed by atoms with Crippen molar-refractivity contribution in [3.8, 4) is 5.75 Å². The molecule has 148 valence electrons. The fourth-order valence-corrected chi connectivity index (χ4v) is 4.24. The van der Waals surface area contributed by atoms with Crippen molar-refractivity contribution in [2.24, 2.45) is 0 Å². The van der Waals surface area contributed by atoms with Gasteiger partial charge in [0.25, 0.3) is 0 Å². The second-order valence-corrected chi connectivity index (χ2v) is 7.72. The molecule has 4 rings (SSSR count). The molecule has 2 aliphatic heterocycles. The zero-order chi connectivity index (χ0) is 19.5. The Balaban J connectivity index is 1.54. The number of methoxy groups -OCH3 is 1. The predicted octanol–water partition coefficient (Wildman–Crippen LogP) is 3.12. The molecule has 1 atom stereocenters. The number of amides is 1. The van der Waals surface area contributed by atoms with Crippen molar-refractivity contribution < 1.29 is 9.53 Å². The molecule has 1 fully saturated rings. The van der Waals surface area contributed by atoms with E-state index < -0.39 is 0 Å². The van der Waals surface area contributed by atoms with Crippen LogP contribution in [0.1, 0.15) is 54.9 Å². The molecule has 0 spiro atoms. The van der Waals surface area contributed by atoms with Gasteiger partial charge in [-0.2, -0.15) is 0 Å². The quantitative estimate of drug-likeness (QED) is 0.816. The first-order valence-corrected chi connectivity index (χ1v) is 10.1. The Kier molecular flexibility index (Phi) is 5.57. The van der Waals surface area contributed by atoms with Gasteiger partial charge in [0.1, 0.15) is 11.6 Å². The SMILES string of the molecule is COc1cccc(CN2CCCC[C@@H]2c2ncc3c(n2)CCN(C(C)=O)C3)c1. The average molecular weight is 380 g/mol. The number of ether oxygens (including phenoxy) is 1. The lowest BCUT2D eigenvalue weighted by molar-refractivity contribution is -0.129. The monoisotopic (exact) mass is 380 g/mol. The molecule has 1 aromatic carbocycles. The molecule has 1 saturated heterocycles. The van der Waals surface area contributed by atoms with E-state index in [0.717, 1.165) is 55.3 Å². The molecule has 1 amide bonds. The number of hydrogen-bond donors (Lipinski definition) is 0. The molecule has 0 unspecified atom stereocenters. The van der Waals surface area contributed by atoms with Gasteiger partial charge in [0.2, 0.25) is 5.91 Å². The molecule has 1 aromatic heterocycles. The van der Waals surface area contributed by atoms with Gasteiger partial charge >= 0.3 is 0 Å². The van der Waals surface area contributed by atoms with Gasteiger partial charge in [-0.3, -0.25) is 9.69 Å². The summed E-state index contributed by atoms with van der Waals surface area (Å²) < 4.78 is 5.37. The van der Waals surface area contributed by atoms with E-state index in [-0.39, 0.29) is 11.9 Å². The van der Waals surface area contributed by atoms with E-state index in [1.54, 1.807) is 14.0 Å². The maximum atomic E-state index is 11.7. The molecule has 0 N–H and O–H groups in total. The van der Waals surface area contributed by atoms with Crippen LogP contribution in [-0.2, 0) is 24.3 Å². The largest absolute Gasteiger partial charge is 0.497 e. The van der Waals surface area contributed by atoms with Crippen molar-refractivity contribution in [1.82, 2.24) is 19.8 Å². The first-order chi connectivity index (χ1) is 13.6. The molecule has 28 heavy (non-hydrogen) atoms. The van der Waals surface area contributed by atoms with Gasteiger partial charge < -0.3 is 9.64 Å². The molecular formula is C22H28N4O2. The van der Waals surface area contributed by atoms with Crippen LogP contribution in [0.2, 0.25) is 0 Å². The van der Waals surface area contributed by atoms with Crippen LogP contribution in [0, 0.1) is 0 Å². The highest BCUT2D eigenvalue weighted by atomic mass is 16.5. The van der Waals surface area contributed by atoms with Gasteiger partial charge in [-0.25, -0.2) is 9.97 Å². The zero-order valence-corrected chi connectivity index (χ0v) is 16.7. The summed E-state index contributed by atoms with van der Waals surface area (Å²) in [4.78, 5) is 25.7. The summed E-state index contributed by atoms with van der Waals surface area (Å²) in [5.74, 6) is 1.94. The number of fused-ring (bicyclic) bond motifs is 1. The lowest BCUT2D eigenvalue weighted by Gasteiger charge is -2.35. The van der Waals surface area contributed by atoms with Gasteiger partial charge in [0.15, 0.2) is 0 Å². The van der Waals surface area contributed by atoms with Crippen molar-refractivity contribution >= 4 is 5.91 Å². The highest BCUT2D eigenvalue weighted by molar-refractivity contribution is 5.73. The Labute approximate surface area is 166 Å². The third-order valence-electron chi connectivity index (χ3n) is 5.83. The smallest absolute Gasteiger partial charge is 0.219 e. The summed E-state index contributed by atoms with van der Waals surface area (Å²) in [5, 5.41) is 0. The Morgan fingerprint density at radius 3 is 3.00 bits per heavy atom. The number of carbonyl (C=O) groups is 1. The minimum Gasteiger partial charge on any atom is -0.497 e. The van der Waals surface area contributed by atoms with Crippen LogP contribution in [0.4, 0.5) is 0 Å². The van der Waals surface area contributed by atoms with E-state index in [9.17, 15) is 4.79 Å². The van der Waals surface area contributed by atoms with Crippen molar-refractivity contribution in [2.75, 3.05) is 20.2 Å². The van der Waals surface area contributed by atoms with E-state index in [1.807, 2.05) is 23.2 Å². The number of piperidine rings is 1. The Morgan fingerprint density at radius 2 is 2.18 bits per heavy atom. The van der Waals surface area contributed by atoms with E-state index >= 15 is 0 Å². The topological polar surface area (TPSA) is 58.6 Å². The van der Waals surface area contributed by atoms with E-state index in [1.165, 1.54) is 18.4 Å². The maximum absolute atomic E-state index is 11.7. The lowest BCUT2D eigenvalue weighted by atomic mass is 9.99. The summed E-state index contributed by atoms with van der Waals surface area (Å²) in [5.41, 5.74) is 3.44. The normalized spacial score (nSPS) is 19.9. The van der Waals surface area contributed by atoms with Gasteiger partial charge in [-0.1, -0.05) is 18.6 Å². The van der Waals surface area contributed by atoms with Gasteiger partial charge in [0.05, 0.1) is 18.8 Å². The van der Waals surface area contributed by atoms with Crippen LogP contribution in [0.3, 0.4) is 0 Å². The highest BCUT2D eigenvalue weighted by Gasteiger charge is 2.28. The summed E-state index contributed by atoms with van der Waals surface area (Å²) in [6.07, 6.45) is 6.25. The molecule has 6 nitrogen and oxygen atoms in total. The number of carbonyl (C=O) groups excluding carboxylic acids is 1. The van der Waals surface area contributed by atoms with Gasteiger partial charge in [0, 0.05) is 44.7 Å². The third-order valence-corrected chi connectivity index (χ3v) is 5.83. The first-order valence-electron chi connectivity index (χ1n) is 10.1. The molecule has 2 aliphatic rings. The van der Waals surface area contributed by atoms with Crippen molar-refractivity contribution in [3.63, 3.8) is 0 Å². The van der Waals surface area contributed by atoms with Crippen molar-refractivity contribution in [1.29, 1.82) is 0 Å². The maximum Gasteiger partial charge on any atom is 0.219 e. The Bertz CT molecular complexity index is 854. The van der Waals surface area contributed by atoms with Crippen LogP contribution in [0.25, 0.3) is 0 Å². The lowest BCUT2D eigenvalue weighted by Crippen LogP contribution is -2.36. The zero-order valence-electron chi connectivity index (χ0n) is 16.7. The summed E-state index contributed by atoms with van der Waals surface area (Å²) >= 11 is 0.